The van der Waals surface area contributed by atoms with Crippen LogP contribution in [0.25, 0.3) is 0 Å². The monoisotopic (exact) mass is 485 g/mol. The first-order valence-corrected chi connectivity index (χ1v) is 13.2. The number of rotatable bonds is 9. The highest BCUT2D eigenvalue weighted by Gasteiger charge is 2.59. The number of benzene rings is 3. The predicted octanol–water partition coefficient (Wildman–Crippen LogP) is 4.83. The van der Waals surface area contributed by atoms with Gasteiger partial charge in [0.2, 0.25) is 0 Å². The number of hydrogen-bond acceptors (Lipinski definition) is 6. The molecule has 0 heterocycles. The van der Waals surface area contributed by atoms with Crippen molar-refractivity contribution in [1.82, 2.24) is 4.21 Å². The third-order valence-corrected chi connectivity index (χ3v) is 10.4. The molecular formula is C18H18NO9P3. The van der Waals surface area contributed by atoms with Crippen molar-refractivity contribution in [3.63, 3.8) is 0 Å². The van der Waals surface area contributed by atoms with Gasteiger partial charge >= 0.3 is 23.2 Å². The van der Waals surface area contributed by atoms with Crippen LogP contribution in [0.1, 0.15) is 0 Å². The van der Waals surface area contributed by atoms with Crippen LogP contribution in [0.4, 0.5) is 0 Å². The second-order valence-electron chi connectivity index (χ2n) is 5.95. The van der Waals surface area contributed by atoms with Crippen molar-refractivity contribution < 1.29 is 41.9 Å². The van der Waals surface area contributed by atoms with E-state index in [9.17, 15) is 28.4 Å². The molecule has 31 heavy (non-hydrogen) atoms. The first-order chi connectivity index (χ1) is 14.6. The van der Waals surface area contributed by atoms with Gasteiger partial charge in [0.1, 0.15) is 17.2 Å². The standard InChI is InChI=1S/C18H18NO9P3/c20-29(21,26-16-10-4-1-5-11-16)19(30(22,23)27-17-12-6-2-7-13-17)31(24,25)28-18-14-8-3-9-15-18/h1-15H,(H,20,21)(H,22,23)(H,24,25). The van der Waals surface area contributed by atoms with Crippen molar-refractivity contribution in [2.75, 3.05) is 0 Å². The van der Waals surface area contributed by atoms with Gasteiger partial charge in [-0.15, -0.1) is 0 Å². The molecule has 0 fully saturated rings. The summed E-state index contributed by atoms with van der Waals surface area (Å²) < 4.78 is 53.2. The van der Waals surface area contributed by atoms with Crippen LogP contribution in [0, 0.1) is 0 Å². The summed E-state index contributed by atoms with van der Waals surface area (Å²) in [6.07, 6.45) is 0. The predicted molar refractivity (Wildman–Crippen MR) is 113 cm³/mol. The Morgan fingerprint density at radius 2 is 0.710 bits per heavy atom. The molecule has 0 amide bonds. The van der Waals surface area contributed by atoms with Crippen LogP contribution in [0.2, 0.25) is 0 Å². The molecule has 164 valence electrons. The van der Waals surface area contributed by atoms with Gasteiger partial charge in [-0.1, -0.05) is 54.6 Å². The lowest BCUT2D eigenvalue weighted by Crippen LogP contribution is -2.22. The Morgan fingerprint density at radius 1 is 0.484 bits per heavy atom. The van der Waals surface area contributed by atoms with Gasteiger partial charge in [-0.2, -0.15) is 0 Å². The van der Waals surface area contributed by atoms with Crippen LogP contribution in [0.15, 0.2) is 91.0 Å². The number of para-hydroxylation sites is 3. The Hall–Kier alpha value is -2.41. The maximum absolute atomic E-state index is 13.0. The van der Waals surface area contributed by atoms with Crippen molar-refractivity contribution in [2.24, 2.45) is 0 Å². The highest BCUT2D eigenvalue weighted by atomic mass is 31.3. The van der Waals surface area contributed by atoms with Crippen LogP contribution in [-0.4, -0.2) is 18.9 Å². The van der Waals surface area contributed by atoms with Crippen molar-refractivity contribution >= 4 is 23.2 Å². The van der Waals surface area contributed by atoms with Gasteiger partial charge in [0.15, 0.2) is 0 Å². The van der Waals surface area contributed by atoms with Crippen LogP contribution >= 0.6 is 23.2 Å². The van der Waals surface area contributed by atoms with E-state index < -0.39 is 27.5 Å². The van der Waals surface area contributed by atoms with Crippen LogP contribution in [-0.2, 0) is 13.7 Å². The second kappa shape index (κ2) is 9.39. The average Bonchev–Trinajstić information content (AvgIpc) is 2.68. The molecule has 3 atom stereocenters. The molecule has 0 aliphatic rings. The summed E-state index contributed by atoms with van der Waals surface area (Å²) in [5.74, 6) is -0.590. The summed E-state index contributed by atoms with van der Waals surface area (Å²) in [5, 5.41) is 0. The van der Waals surface area contributed by atoms with Gasteiger partial charge in [0.05, 0.1) is 0 Å². The molecule has 0 aliphatic heterocycles. The van der Waals surface area contributed by atoms with Crippen LogP contribution in [0.3, 0.4) is 0 Å². The van der Waals surface area contributed by atoms with E-state index in [1.54, 1.807) is 18.2 Å². The van der Waals surface area contributed by atoms with E-state index in [1.165, 1.54) is 72.8 Å². The average molecular weight is 485 g/mol. The van der Waals surface area contributed by atoms with Gasteiger partial charge in [0, 0.05) is 4.21 Å². The minimum Gasteiger partial charge on any atom is -0.412 e. The SMILES string of the molecule is O=P(O)(Oc1ccccc1)N(P(=O)(O)Oc1ccccc1)P(=O)(O)Oc1ccccc1. The smallest absolute Gasteiger partial charge is 0.412 e. The van der Waals surface area contributed by atoms with Crippen molar-refractivity contribution in [2.45, 2.75) is 0 Å². The lowest BCUT2D eigenvalue weighted by Gasteiger charge is -2.30. The summed E-state index contributed by atoms with van der Waals surface area (Å²) in [4.78, 5) is 31.5. The summed E-state index contributed by atoms with van der Waals surface area (Å²) in [6, 6.07) is 21.3. The lowest BCUT2D eigenvalue weighted by atomic mass is 10.3. The van der Waals surface area contributed by atoms with E-state index in [2.05, 4.69) is 0 Å². The molecule has 3 N–H and O–H groups in total. The molecule has 0 aromatic heterocycles. The number of nitrogens with zero attached hydrogens (tertiary/aromatic N) is 1. The molecule has 0 aliphatic carbocycles. The molecule has 3 unspecified atom stereocenters. The minimum atomic E-state index is -5.48. The molecule has 13 heteroatoms. The van der Waals surface area contributed by atoms with E-state index in [4.69, 9.17) is 13.6 Å². The Kier molecular flexibility index (Phi) is 7.04. The Labute approximate surface area is 178 Å². The van der Waals surface area contributed by atoms with Crippen molar-refractivity contribution in [3.05, 3.63) is 91.0 Å². The molecule has 0 saturated carbocycles. The Bertz CT molecular complexity index is 999. The quantitative estimate of drug-likeness (QED) is 0.361. The fourth-order valence-corrected chi connectivity index (χ4v) is 7.89. The minimum absolute atomic E-state index is 0.197. The van der Waals surface area contributed by atoms with Crippen LogP contribution < -0.4 is 13.6 Å². The maximum Gasteiger partial charge on any atom is 0.480 e. The van der Waals surface area contributed by atoms with E-state index in [-0.39, 0.29) is 17.2 Å². The third kappa shape index (κ3) is 6.06. The Balaban J connectivity index is 2.03. The molecular weight excluding hydrogens is 467 g/mol. The van der Waals surface area contributed by atoms with E-state index in [1.807, 2.05) is 0 Å². The summed E-state index contributed by atoms with van der Waals surface area (Å²) >= 11 is 0. The van der Waals surface area contributed by atoms with E-state index >= 15 is 0 Å². The fourth-order valence-electron chi connectivity index (χ4n) is 2.39. The van der Waals surface area contributed by atoms with Gasteiger partial charge < -0.3 is 28.3 Å². The largest absolute Gasteiger partial charge is 0.480 e. The molecule has 3 aromatic rings. The zero-order valence-electron chi connectivity index (χ0n) is 15.7. The van der Waals surface area contributed by atoms with E-state index in [0.29, 0.717) is 0 Å². The fraction of sp³-hybridized carbons (Fsp3) is 0. The molecule has 0 bridgehead atoms. The Morgan fingerprint density at radius 3 is 0.935 bits per heavy atom. The highest BCUT2D eigenvalue weighted by molar-refractivity contribution is 7.80. The molecule has 0 spiro atoms. The molecule has 0 radical (unpaired) electrons. The topological polar surface area (TPSA) is 143 Å². The molecule has 3 aromatic carbocycles. The molecule has 3 rings (SSSR count). The van der Waals surface area contributed by atoms with Gasteiger partial charge in [-0.05, 0) is 36.4 Å². The third-order valence-electron chi connectivity index (χ3n) is 3.58. The van der Waals surface area contributed by atoms with Gasteiger partial charge in [0.25, 0.3) is 0 Å². The summed E-state index contributed by atoms with van der Waals surface area (Å²) in [5.41, 5.74) is 0. The van der Waals surface area contributed by atoms with Crippen LogP contribution in [0.5, 0.6) is 17.2 Å². The van der Waals surface area contributed by atoms with Gasteiger partial charge in [-0.3, -0.25) is 0 Å². The zero-order valence-corrected chi connectivity index (χ0v) is 18.4. The first kappa shape index (κ1) is 23.3. The second-order valence-corrected chi connectivity index (χ2v) is 11.6. The molecule has 0 saturated heterocycles. The first-order valence-electron chi connectivity index (χ1n) is 8.64. The van der Waals surface area contributed by atoms with Crippen molar-refractivity contribution in [1.29, 1.82) is 0 Å². The molecule has 10 nitrogen and oxygen atoms in total. The maximum atomic E-state index is 13.0. The van der Waals surface area contributed by atoms with Crippen molar-refractivity contribution in [3.8, 4) is 17.2 Å². The summed E-state index contributed by atoms with van der Waals surface area (Å²) in [6.45, 7) is 0. The zero-order chi connectivity index (χ0) is 22.5. The lowest BCUT2D eigenvalue weighted by molar-refractivity contribution is 0.279. The van der Waals surface area contributed by atoms with E-state index in [0.717, 1.165) is 0 Å². The number of hydrogen-bond donors (Lipinski definition) is 3. The highest BCUT2D eigenvalue weighted by Crippen LogP contribution is 2.75. The van der Waals surface area contributed by atoms with Gasteiger partial charge in [-0.25, -0.2) is 13.7 Å². The normalized spacial score (nSPS) is 17.0. The summed E-state index contributed by atoms with van der Waals surface area (Å²) in [7, 11) is -16.5.